The van der Waals surface area contributed by atoms with E-state index in [-0.39, 0.29) is 11.8 Å². The van der Waals surface area contributed by atoms with Crippen LogP contribution >= 0.6 is 0 Å². The average molecular weight is 343 g/mol. The van der Waals surface area contributed by atoms with Gasteiger partial charge in [-0.25, -0.2) is 0 Å². The molecule has 0 heterocycles. The monoisotopic (exact) mass is 343 g/mol. The quantitative estimate of drug-likeness (QED) is 0.700. The van der Waals surface area contributed by atoms with Gasteiger partial charge in [0.05, 0.1) is 0 Å². The topological polar surface area (TPSA) is 112 Å². The summed E-state index contributed by atoms with van der Waals surface area (Å²) in [5.74, 6) is -0.758. The fourth-order valence-electron chi connectivity index (χ4n) is 1.78. The number of carbonyl (C=O) groups excluding carboxylic acids is 2. The molecule has 2 aromatic rings. The molecule has 2 amide bonds. The van der Waals surface area contributed by atoms with Crippen LogP contribution in [-0.2, 0) is 0 Å². The lowest BCUT2D eigenvalue weighted by Gasteiger charge is -1.90. The van der Waals surface area contributed by atoms with Crippen molar-refractivity contribution >= 4 is 11.8 Å². The molecule has 0 saturated carbocycles. The molecule has 6 N–H and O–H groups in total. The Morgan fingerprint density at radius 3 is 1.36 bits per heavy atom. The van der Waals surface area contributed by atoms with Crippen molar-refractivity contribution in [3.63, 3.8) is 0 Å². The first kappa shape index (κ1) is 22.3. The third-order valence-electron chi connectivity index (χ3n) is 3.17. The molecule has 2 aromatic carbocycles. The third-order valence-corrected chi connectivity index (χ3v) is 3.17. The molecule has 0 atom stereocenters. The fraction of sp³-hybridized carbons (Fsp3) is 0.300. The van der Waals surface area contributed by atoms with E-state index in [0.29, 0.717) is 11.1 Å². The van der Waals surface area contributed by atoms with Crippen molar-refractivity contribution in [3.8, 4) is 0 Å². The van der Waals surface area contributed by atoms with Gasteiger partial charge in [-0.3, -0.25) is 9.59 Å². The second-order valence-corrected chi connectivity index (χ2v) is 5.31. The van der Waals surface area contributed by atoms with Gasteiger partial charge in [-0.05, 0) is 37.2 Å². The molecule has 0 aromatic heterocycles. The number of carbonyl (C=O) groups is 2. The van der Waals surface area contributed by atoms with E-state index in [9.17, 15) is 9.59 Å². The molecule has 0 radical (unpaired) electrons. The maximum absolute atomic E-state index is 10.4. The van der Waals surface area contributed by atoms with Crippen LogP contribution in [0.1, 0.15) is 53.3 Å². The summed E-state index contributed by atoms with van der Waals surface area (Å²) < 4.78 is 0. The molecule has 0 unspecified atom stereocenters. The molecule has 5 nitrogen and oxygen atoms in total. The summed E-state index contributed by atoms with van der Waals surface area (Å²) >= 11 is 0. The number of benzene rings is 2. The van der Waals surface area contributed by atoms with Gasteiger partial charge in [-0.1, -0.05) is 62.6 Å². The Morgan fingerprint density at radius 1 is 0.720 bits per heavy atom. The molecular weight excluding hydrogens is 314 g/mol. The number of nitrogens with two attached hydrogens (primary N) is 3. The summed E-state index contributed by atoms with van der Waals surface area (Å²) in [6, 6.07) is 17.5. The van der Waals surface area contributed by atoms with E-state index >= 15 is 0 Å². The highest BCUT2D eigenvalue weighted by atomic mass is 16.1. The standard InChI is InChI=1S/2C7H7NO.C6H15N/c2*8-7(9)6-4-2-1-3-5-6;1-2-3-4-5-6-7/h2*1-5H,(H2,8,9);2-7H2,1H3. The number of rotatable bonds is 6. The predicted octanol–water partition coefficient (Wildman–Crippen LogP) is 3.10. The fourth-order valence-corrected chi connectivity index (χ4v) is 1.78. The van der Waals surface area contributed by atoms with Crippen LogP contribution in [-0.4, -0.2) is 18.4 Å². The van der Waals surface area contributed by atoms with Gasteiger partial charge in [0, 0.05) is 11.1 Å². The Morgan fingerprint density at radius 2 is 1.12 bits per heavy atom. The number of amides is 2. The Labute approximate surface area is 150 Å². The molecule has 0 bridgehead atoms. The zero-order chi connectivity index (χ0) is 18.9. The molecule has 0 aliphatic rings. The molecular formula is C20H29N3O2. The lowest BCUT2D eigenvalue weighted by molar-refractivity contribution is 0.0992. The summed E-state index contributed by atoms with van der Waals surface area (Å²) in [6.07, 6.45) is 5.16. The van der Waals surface area contributed by atoms with Gasteiger partial charge in [-0.2, -0.15) is 0 Å². The molecule has 0 spiro atoms. The van der Waals surface area contributed by atoms with Gasteiger partial charge in [0.15, 0.2) is 0 Å². The molecule has 2 rings (SSSR count). The summed E-state index contributed by atoms with van der Waals surface area (Å²) in [5, 5.41) is 0. The van der Waals surface area contributed by atoms with Crippen LogP contribution < -0.4 is 17.2 Å². The van der Waals surface area contributed by atoms with Crippen molar-refractivity contribution in [2.24, 2.45) is 17.2 Å². The molecule has 5 heteroatoms. The Hall–Kier alpha value is -2.66. The number of unbranched alkanes of at least 4 members (excludes halogenated alkanes) is 3. The van der Waals surface area contributed by atoms with E-state index in [4.69, 9.17) is 17.2 Å². The van der Waals surface area contributed by atoms with Crippen LogP contribution in [0.5, 0.6) is 0 Å². The van der Waals surface area contributed by atoms with E-state index in [0.717, 1.165) is 6.54 Å². The predicted molar refractivity (Wildman–Crippen MR) is 103 cm³/mol. The largest absolute Gasteiger partial charge is 0.366 e. The van der Waals surface area contributed by atoms with E-state index < -0.39 is 0 Å². The summed E-state index contributed by atoms with van der Waals surface area (Å²) in [6.45, 7) is 3.07. The van der Waals surface area contributed by atoms with Crippen molar-refractivity contribution in [2.75, 3.05) is 6.54 Å². The maximum Gasteiger partial charge on any atom is 0.248 e. The summed E-state index contributed by atoms with van der Waals surface area (Å²) in [7, 11) is 0. The van der Waals surface area contributed by atoms with Gasteiger partial charge < -0.3 is 17.2 Å². The van der Waals surface area contributed by atoms with Crippen LogP contribution in [0.25, 0.3) is 0 Å². The maximum atomic E-state index is 10.4. The van der Waals surface area contributed by atoms with Gasteiger partial charge in [0.1, 0.15) is 0 Å². The van der Waals surface area contributed by atoms with Crippen molar-refractivity contribution in [1.82, 2.24) is 0 Å². The normalized spacial score (nSPS) is 9.04. The minimum Gasteiger partial charge on any atom is -0.366 e. The van der Waals surface area contributed by atoms with Gasteiger partial charge in [0.25, 0.3) is 0 Å². The first-order valence-electron chi connectivity index (χ1n) is 8.42. The van der Waals surface area contributed by atoms with Crippen molar-refractivity contribution in [3.05, 3.63) is 71.8 Å². The average Bonchev–Trinajstić information content (AvgIpc) is 2.65. The van der Waals surface area contributed by atoms with Gasteiger partial charge >= 0.3 is 0 Å². The molecule has 0 aliphatic carbocycles. The lowest BCUT2D eigenvalue weighted by atomic mass is 10.2. The van der Waals surface area contributed by atoms with Crippen LogP contribution in [0, 0.1) is 0 Å². The van der Waals surface area contributed by atoms with Crippen molar-refractivity contribution in [2.45, 2.75) is 32.6 Å². The first-order chi connectivity index (χ1) is 12.0. The van der Waals surface area contributed by atoms with E-state index in [1.165, 1.54) is 25.7 Å². The van der Waals surface area contributed by atoms with E-state index in [1.54, 1.807) is 48.5 Å². The number of hydrogen-bond acceptors (Lipinski definition) is 3. The zero-order valence-electron chi connectivity index (χ0n) is 14.9. The molecule has 0 saturated heterocycles. The van der Waals surface area contributed by atoms with Crippen molar-refractivity contribution < 1.29 is 9.59 Å². The molecule has 25 heavy (non-hydrogen) atoms. The summed E-state index contributed by atoms with van der Waals surface area (Å²) in [4.78, 5) is 20.8. The number of hydrogen-bond donors (Lipinski definition) is 3. The SMILES string of the molecule is CCCCCCN.NC(=O)c1ccccc1.NC(=O)c1ccccc1. The van der Waals surface area contributed by atoms with Crippen LogP contribution in [0.4, 0.5) is 0 Å². The van der Waals surface area contributed by atoms with E-state index in [2.05, 4.69) is 6.92 Å². The minimum absolute atomic E-state index is 0.379. The zero-order valence-corrected chi connectivity index (χ0v) is 14.9. The Kier molecular flexibility index (Phi) is 13.3. The first-order valence-corrected chi connectivity index (χ1v) is 8.42. The molecule has 0 fully saturated rings. The highest BCUT2D eigenvalue weighted by Gasteiger charge is 1.94. The highest BCUT2D eigenvalue weighted by Crippen LogP contribution is 1.96. The Balaban J connectivity index is 0.000000350. The molecule has 136 valence electrons. The van der Waals surface area contributed by atoms with Gasteiger partial charge in [-0.15, -0.1) is 0 Å². The second kappa shape index (κ2) is 14.9. The highest BCUT2D eigenvalue weighted by molar-refractivity contribution is 5.93. The van der Waals surface area contributed by atoms with Crippen LogP contribution in [0.15, 0.2) is 60.7 Å². The second-order valence-electron chi connectivity index (χ2n) is 5.31. The van der Waals surface area contributed by atoms with Crippen molar-refractivity contribution in [1.29, 1.82) is 0 Å². The van der Waals surface area contributed by atoms with Gasteiger partial charge in [0.2, 0.25) is 11.8 Å². The summed E-state index contributed by atoms with van der Waals surface area (Å²) in [5.41, 5.74) is 16.3. The number of primary amides is 2. The molecule has 0 aliphatic heterocycles. The van der Waals surface area contributed by atoms with Crippen LogP contribution in [0.2, 0.25) is 0 Å². The minimum atomic E-state index is -0.379. The third kappa shape index (κ3) is 12.4. The smallest absolute Gasteiger partial charge is 0.248 e. The van der Waals surface area contributed by atoms with Crippen LogP contribution in [0.3, 0.4) is 0 Å². The van der Waals surface area contributed by atoms with E-state index in [1.807, 2.05) is 12.1 Å². The Bertz CT molecular complexity index is 533. The lowest BCUT2D eigenvalue weighted by Crippen LogP contribution is -2.09.